The number of carbonyl (C=O) groups excluding carboxylic acids is 3. The number of imide groups is 1. The second-order valence-corrected chi connectivity index (χ2v) is 8.77. The summed E-state index contributed by atoms with van der Waals surface area (Å²) in [4.78, 5) is 39.2. The van der Waals surface area contributed by atoms with E-state index in [1.807, 2.05) is 24.3 Å². The van der Waals surface area contributed by atoms with Gasteiger partial charge in [0.25, 0.3) is 17.7 Å². The number of benzene rings is 3. The number of hydrogen-bond acceptors (Lipinski definition) is 4. The first-order valence-electron chi connectivity index (χ1n) is 10.6. The Bertz CT molecular complexity index is 1320. The molecule has 0 bridgehead atoms. The highest BCUT2D eigenvalue weighted by molar-refractivity contribution is 6.53. The van der Waals surface area contributed by atoms with E-state index < -0.39 is 11.8 Å². The van der Waals surface area contributed by atoms with E-state index in [1.165, 1.54) is 0 Å². The van der Waals surface area contributed by atoms with Crippen molar-refractivity contribution in [1.29, 1.82) is 0 Å². The fourth-order valence-corrected chi connectivity index (χ4v) is 4.05. The number of hydrogen-bond donors (Lipinski definition) is 2. The molecule has 34 heavy (non-hydrogen) atoms. The molecule has 3 amide bonds. The third kappa shape index (κ3) is 4.55. The lowest BCUT2D eigenvalue weighted by atomic mass is 10.0. The molecule has 0 fully saturated rings. The summed E-state index contributed by atoms with van der Waals surface area (Å²) >= 11 is 12.3. The van der Waals surface area contributed by atoms with Crippen molar-refractivity contribution >= 4 is 58.0 Å². The van der Waals surface area contributed by atoms with E-state index in [1.54, 1.807) is 48.5 Å². The summed E-state index contributed by atoms with van der Waals surface area (Å²) in [5.41, 5.74) is 2.93. The first-order chi connectivity index (χ1) is 16.3. The summed E-state index contributed by atoms with van der Waals surface area (Å²) in [6.07, 6.45) is 0. The van der Waals surface area contributed by atoms with Crippen LogP contribution in [-0.2, 0) is 9.59 Å². The van der Waals surface area contributed by atoms with Crippen LogP contribution in [0.25, 0.3) is 0 Å². The highest BCUT2D eigenvalue weighted by atomic mass is 35.5. The van der Waals surface area contributed by atoms with Crippen LogP contribution >= 0.6 is 23.2 Å². The van der Waals surface area contributed by atoms with Gasteiger partial charge in [-0.25, -0.2) is 4.90 Å². The topological polar surface area (TPSA) is 78.5 Å². The first-order valence-corrected chi connectivity index (χ1v) is 11.3. The van der Waals surface area contributed by atoms with Crippen molar-refractivity contribution < 1.29 is 14.4 Å². The maximum atomic E-state index is 12.9. The van der Waals surface area contributed by atoms with Gasteiger partial charge in [-0.2, -0.15) is 0 Å². The molecule has 1 heterocycles. The van der Waals surface area contributed by atoms with Gasteiger partial charge < -0.3 is 10.6 Å². The minimum absolute atomic E-state index is 0.0605. The molecule has 0 aromatic heterocycles. The van der Waals surface area contributed by atoms with Crippen LogP contribution in [0, 0.1) is 0 Å². The predicted molar refractivity (Wildman–Crippen MR) is 135 cm³/mol. The smallest absolute Gasteiger partial charge is 0.283 e. The van der Waals surface area contributed by atoms with Crippen molar-refractivity contribution in [2.24, 2.45) is 0 Å². The van der Waals surface area contributed by atoms with Crippen LogP contribution in [0.2, 0.25) is 5.02 Å². The maximum absolute atomic E-state index is 12.9. The fourth-order valence-electron chi connectivity index (χ4n) is 3.62. The molecule has 0 aliphatic carbocycles. The van der Waals surface area contributed by atoms with Gasteiger partial charge in [-0.1, -0.05) is 67.4 Å². The number of amides is 3. The summed E-state index contributed by atoms with van der Waals surface area (Å²) in [6.45, 7) is 4.13. The van der Waals surface area contributed by atoms with E-state index in [9.17, 15) is 14.4 Å². The number of anilines is 3. The van der Waals surface area contributed by atoms with E-state index in [4.69, 9.17) is 23.2 Å². The van der Waals surface area contributed by atoms with Gasteiger partial charge in [0.05, 0.1) is 10.7 Å². The standard InChI is InChI=1S/C26H21Cl2N3O3/c1-15(2)18-7-3-5-9-20(18)30-24(32)16-11-13-17(14-12-16)29-23-22(28)25(33)31(26(23)34)21-10-6-4-8-19(21)27/h3-15,29H,1-2H3,(H,30,32). The van der Waals surface area contributed by atoms with Gasteiger partial charge in [0.2, 0.25) is 0 Å². The third-order valence-corrected chi connectivity index (χ3v) is 6.04. The minimum atomic E-state index is -0.665. The fraction of sp³-hybridized carbons (Fsp3) is 0.115. The Balaban J connectivity index is 1.50. The summed E-state index contributed by atoms with van der Waals surface area (Å²) in [5, 5.41) is 5.85. The molecular weight excluding hydrogens is 473 g/mol. The number of nitrogens with one attached hydrogen (secondary N) is 2. The molecule has 1 aliphatic heterocycles. The second-order valence-electron chi connectivity index (χ2n) is 7.98. The van der Waals surface area contributed by atoms with Gasteiger partial charge in [0, 0.05) is 16.9 Å². The lowest BCUT2D eigenvalue weighted by molar-refractivity contribution is -0.120. The molecule has 0 spiro atoms. The number of nitrogens with zero attached hydrogens (tertiary/aromatic N) is 1. The van der Waals surface area contributed by atoms with E-state index in [0.717, 1.165) is 16.2 Å². The van der Waals surface area contributed by atoms with E-state index >= 15 is 0 Å². The molecule has 0 radical (unpaired) electrons. The summed E-state index contributed by atoms with van der Waals surface area (Å²) in [7, 11) is 0. The lowest BCUT2D eigenvalue weighted by Gasteiger charge is -2.16. The quantitative estimate of drug-likeness (QED) is 0.403. The zero-order chi connectivity index (χ0) is 24.4. The largest absolute Gasteiger partial charge is 0.350 e. The van der Waals surface area contributed by atoms with Crippen LogP contribution in [0.15, 0.2) is 83.5 Å². The average molecular weight is 494 g/mol. The van der Waals surface area contributed by atoms with Crippen LogP contribution in [0.4, 0.5) is 17.1 Å². The normalized spacial score (nSPS) is 13.6. The molecule has 6 nitrogen and oxygen atoms in total. The average Bonchev–Trinajstić information content (AvgIpc) is 3.03. The van der Waals surface area contributed by atoms with Crippen molar-refractivity contribution in [2.45, 2.75) is 19.8 Å². The molecule has 0 saturated heterocycles. The zero-order valence-corrected chi connectivity index (χ0v) is 19.9. The third-order valence-electron chi connectivity index (χ3n) is 5.37. The van der Waals surface area contributed by atoms with Crippen LogP contribution in [0.5, 0.6) is 0 Å². The molecular formula is C26H21Cl2N3O3. The van der Waals surface area contributed by atoms with Crippen LogP contribution in [0.1, 0.15) is 35.7 Å². The predicted octanol–water partition coefficient (Wildman–Crippen LogP) is 6.15. The van der Waals surface area contributed by atoms with Gasteiger partial charge in [0.15, 0.2) is 0 Å². The number of halogens is 2. The Kier molecular flexibility index (Phi) is 6.72. The van der Waals surface area contributed by atoms with Crippen molar-refractivity contribution in [3.63, 3.8) is 0 Å². The Labute approximate surface area is 207 Å². The number of carbonyl (C=O) groups is 3. The highest BCUT2D eigenvalue weighted by Gasteiger charge is 2.39. The molecule has 3 aromatic rings. The van der Waals surface area contributed by atoms with E-state index in [0.29, 0.717) is 11.3 Å². The van der Waals surface area contributed by atoms with Crippen molar-refractivity contribution in [1.82, 2.24) is 0 Å². The maximum Gasteiger partial charge on any atom is 0.283 e. The summed E-state index contributed by atoms with van der Waals surface area (Å²) in [5.74, 6) is -1.27. The van der Waals surface area contributed by atoms with Crippen LogP contribution in [0.3, 0.4) is 0 Å². The molecule has 2 N–H and O–H groups in total. The first kappa shape index (κ1) is 23.5. The molecule has 1 aliphatic rings. The molecule has 0 saturated carbocycles. The Hall–Kier alpha value is -3.61. The van der Waals surface area contributed by atoms with E-state index in [2.05, 4.69) is 24.5 Å². The zero-order valence-electron chi connectivity index (χ0n) is 18.4. The summed E-state index contributed by atoms with van der Waals surface area (Å²) < 4.78 is 0. The molecule has 8 heteroatoms. The van der Waals surface area contributed by atoms with Crippen molar-refractivity contribution in [3.05, 3.63) is 99.7 Å². The summed E-state index contributed by atoms with van der Waals surface area (Å²) in [6, 6.07) is 20.7. The number of para-hydroxylation sites is 2. The van der Waals surface area contributed by atoms with Gasteiger partial charge in [0.1, 0.15) is 10.7 Å². The van der Waals surface area contributed by atoms with Crippen molar-refractivity contribution in [3.8, 4) is 0 Å². The van der Waals surface area contributed by atoms with Gasteiger partial charge in [-0.3, -0.25) is 14.4 Å². The SMILES string of the molecule is CC(C)c1ccccc1NC(=O)c1ccc(NC2=C(Cl)C(=O)N(c3ccccc3Cl)C2=O)cc1. The minimum Gasteiger partial charge on any atom is -0.350 e. The molecule has 172 valence electrons. The van der Waals surface area contributed by atoms with Crippen LogP contribution in [-0.4, -0.2) is 17.7 Å². The molecule has 0 unspecified atom stereocenters. The Morgan fingerprint density at radius 2 is 1.50 bits per heavy atom. The number of rotatable bonds is 6. The Morgan fingerprint density at radius 3 is 2.18 bits per heavy atom. The van der Waals surface area contributed by atoms with Crippen LogP contribution < -0.4 is 15.5 Å². The van der Waals surface area contributed by atoms with Gasteiger partial charge >= 0.3 is 0 Å². The molecule has 4 rings (SSSR count). The second kappa shape index (κ2) is 9.71. The molecule has 0 atom stereocenters. The Morgan fingerprint density at radius 1 is 0.853 bits per heavy atom. The van der Waals surface area contributed by atoms with E-state index in [-0.39, 0.29) is 33.3 Å². The highest BCUT2D eigenvalue weighted by Crippen LogP contribution is 2.34. The van der Waals surface area contributed by atoms with Gasteiger partial charge in [-0.05, 0) is 53.9 Å². The lowest BCUT2D eigenvalue weighted by Crippen LogP contribution is -2.32. The van der Waals surface area contributed by atoms with Gasteiger partial charge in [-0.15, -0.1) is 0 Å². The molecule has 3 aromatic carbocycles. The van der Waals surface area contributed by atoms with Crippen molar-refractivity contribution in [2.75, 3.05) is 15.5 Å². The monoisotopic (exact) mass is 493 g/mol.